The fourth-order valence-electron chi connectivity index (χ4n) is 3.72. The smallest absolute Gasteiger partial charge is 0.297 e. The number of anilines is 1. The summed E-state index contributed by atoms with van der Waals surface area (Å²) in [7, 11) is -3.41. The van der Waals surface area contributed by atoms with Crippen LogP contribution in [0.4, 0.5) is 5.95 Å². The van der Waals surface area contributed by atoms with Crippen LogP contribution in [-0.4, -0.2) is 70.1 Å². The average Bonchev–Trinajstić information content (AvgIpc) is 3.34. The first kappa shape index (κ1) is 22.2. The van der Waals surface area contributed by atoms with E-state index in [0.29, 0.717) is 62.7 Å². The Morgan fingerprint density at radius 2 is 2.22 bits per heavy atom. The summed E-state index contributed by atoms with van der Waals surface area (Å²) in [6.45, 7) is 6.30. The molecule has 0 aliphatic carbocycles. The van der Waals surface area contributed by atoms with E-state index in [0.717, 1.165) is 17.7 Å². The summed E-state index contributed by atoms with van der Waals surface area (Å²) in [5.74, 6) is 0.562. The third kappa shape index (κ3) is 4.61. The number of nitrogens with one attached hydrogen (secondary N) is 2. The molecule has 12 heteroatoms. The van der Waals surface area contributed by atoms with E-state index < -0.39 is 10.2 Å². The molecule has 3 N–H and O–H groups in total. The predicted molar refractivity (Wildman–Crippen MR) is 120 cm³/mol. The Morgan fingerprint density at radius 3 is 2.97 bits per heavy atom. The van der Waals surface area contributed by atoms with Gasteiger partial charge in [-0.15, -0.1) is 0 Å². The molecule has 0 spiro atoms. The molecule has 1 fully saturated rings. The maximum atomic E-state index is 12.1. The number of ether oxygens (including phenoxy) is 1. The molecule has 0 aromatic carbocycles. The summed E-state index contributed by atoms with van der Waals surface area (Å²) < 4.78 is 35.6. The number of nitrogens with zero attached hydrogens (tertiary/aromatic N) is 5. The van der Waals surface area contributed by atoms with Crippen LogP contribution in [0.25, 0.3) is 17.0 Å². The van der Waals surface area contributed by atoms with Gasteiger partial charge in [0.25, 0.3) is 16.2 Å². The molecule has 172 valence electrons. The van der Waals surface area contributed by atoms with E-state index in [9.17, 15) is 13.5 Å². The number of aliphatic hydroxyl groups excluding tert-OH is 1. The van der Waals surface area contributed by atoms with Gasteiger partial charge in [-0.3, -0.25) is 4.57 Å². The van der Waals surface area contributed by atoms with Gasteiger partial charge in [-0.25, -0.2) is 14.7 Å². The van der Waals surface area contributed by atoms with Crippen LogP contribution in [0.5, 0.6) is 6.01 Å². The number of rotatable bonds is 7. The Kier molecular flexibility index (Phi) is 6.44. The maximum absolute atomic E-state index is 12.1. The molecule has 0 radical (unpaired) electrons. The van der Waals surface area contributed by atoms with Crippen molar-refractivity contribution in [2.24, 2.45) is 0 Å². The molecular weight excluding hydrogens is 434 g/mol. The van der Waals surface area contributed by atoms with Crippen LogP contribution in [0.15, 0.2) is 30.2 Å². The molecule has 0 amide bonds. The van der Waals surface area contributed by atoms with Crippen LogP contribution in [0.3, 0.4) is 0 Å². The Hall–Kier alpha value is -2.96. The average molecular weight is 462 g/mol. The van der Waals surface area contributed by atoms with Gasteiger partial charge in [0.1, 0.15) is 12.3 Å². The van der Waals surface area contributed by atoms with Gasteiger partial charge < -0.3 is 15.2 Å². The summed E-state index contributed by atoms with van der Waals surface area (Å²) >= 11 is 0. The summed E-state index contributed by atoms with van der Waals surface area (Å²) in [6, 6.07) is 2.30. The van der Waals surface area contributed by atoms with Crippen molar-refractivity contribution in [2.45, 2.75) is 26.8 Å². The fourth-order valence-corrected chi connectivity index (χ4v) is 5.01. The third-order valence-electron chi connectivity index (χ3n) is 5.18. The molecule has 2 aromatic rings. The summed E-state index contributed by atoms with van der Waals surface area (Å²) in [5, 5.41) is 12.9. The highest BCUT2D eigenvalue weighted by Crippen LogP contribution is 2.35. The van der Waals surface area contributed by atoms with Crippen LogP contribution in [0.1, 0.15) is 26.0 Å². The van der Waals surface area contributed by atoms with E-state index in [-0.39, 0.29) is 5.76 Å². The van der Waals surface area contributed by atoms with E-state index >= 15 is 0 Å². The Labute approximate surface area is 187 Å². The largest absolute Gasteiger partial charge is 0.513 e. The van der Waals surface area contributed by atoms with Crippen molar-refractivity contribution in [1.29, 1.82) is 0 Å². The van der Waals surface area contributed by atoms with Gasteiger partial charge in [0, 0.05) is 37.9 Å². The molecule has 2 aliphatic heterocycles. The fraction of sp³-hybridized carbons (Fsp3) is 0.450. The molecule has 32 heavy (non-hydrogen) atoms. The zero-order valence-corrected chi connectivity index (χ0v) is 18.9. The quantitative estimate of drug-likeness (QED) is 0.418. The van der Waals surface area contributed by atoms with Crippen molar-refractivity contribution in [1.82, 2.24) is 28.5 Å². The molecule has 0 atom stereocenters. The van der Waals surface area contributed by atoms with E-state index in [1.54, 1.807) is 25.3 Å². The number of fused-ring (bicyclic) bond motifs is 1. The van der Waals surface area contributed by atoms with Crippen molar-refractivity contribution < 1.29 is 18.3 Å². The number of imidazole rings is 1. The maximum Gasteiger partial charge on any atom is 0.297 e. The number of allylic oxidation sites excluding steroid dienone is 4. The zero-order valence-electron chi connectivity index (χ0n) is 18.1. The summed E-state index contributed by atoms with van der Waals surface area (Å²) in [4.78, 5) is 13.5. The van der Waals surface area contributed by atoms with Crippen molar-refractivity contribution in [3.8, 4) is 17.4 Å². The molecule has 11 nitrogen and oxygen atoms in total. The van der Waals surface area contributed by atoms with Crippen LogP contribution in [0, 0.1) is 0 Å². The zero-order chi connectivity index (χ0) is 22.7. The molecule has 1 saturated heterocycles. The van der Waals surface area contributed by atoms with Gasteiger partial charge in [0.05, 0.1) is 23.7 Å². The van der Waals surface area contributed by atoms with Crippen LogP contribution in [-0.2, 0) is 16.8 Å². The molecule has 0 bridgehead atoms. The van der Waals surface area contributed by atoms with Crippen LogP contribution < -0.4 is 14.8 Å². The first-order chi connectivity index (χ1) is 15.4. The Balaban J connectivity index is 1.58. The number of hydrogen-bond acceptors (Lipinski definition) is 8. The number of aromatic nitrogens is 4. The van der Waals surface area contributed by atoms with Gasteiger partial charge in [-0.1, -0.05) is 6.08 Å². The lowest BCUT2D eigenvalue weighted by atomic mass is 10.1. The highest BCUT2D eigenvalue weighted by Gasteiger charge is 2.27. The van der Waals surface area contributed by atoms with Crippen molar-refractivity contribution in [3.05, 3.63) is 35.9 Å². The van der Waals surface area contributed by atoms with Gasteiger partial charge in [0.2, 0.25) is 5.95 Å². The Morgan fingerprint density at radius 1 is 1.38 bits per heavy atom. The minimum atomic E-state index is -3.41. The first-order valence-electron chi connectivity index (χ1n) is 10.5. The standard InChI is InChI=1S/C20H27N7O4S/c1-3-15(13-14(2)28)17-18(27-11-12-31-20(27)25-17)16-5-7-21-19(24-16)22-8-10-26-9-4-6-23-32(26,29)30/h3,5,7,13,23,28H,4,6,8-12H2,1-2H3,(H,21,22,24)/b14-13+,15-3+. The van der Waals surface area contributed by atoms with E-state index in [1.165, 1.54) is 4.31 Å². The number of aliphatic hydroxyl groups is 1. The van der Waals surface area contributed by atoms with E-state index in [1.807, 2.05) is 17.6 Å². The highest BCUT2D eigenvalue weighted by molar-refractivity contribution is 7.87. The number of hydrogen-bond donors (Lipinski definition) is 3. The lowest BCUT2D eigenvalue weighted by Crippen LogP contribution is -2.48. The second-order valence-corrected chi connectivity index (χ2v) is 9.22. The third-order valence-corrected chi connectivity index (χ3v) is 6.79. The van der Waals surface area contributed by atoms with Crippen molar-refractivity contribution in [3.63, 3.8) is 0 Å². The normalized spacial score (nSPS) is 18.9. The molecule has 0 saturated carbocycles. The van der Waals surface area contributed by atoms with Crippen molar-refractivity contribution in [2.75, 3.05) is 38.1 Å². The van der Waals surface area contributed by atoms with Gasteiger partial charge >= 0.3 is 0 Å². The monoisotopic (exact) mass is 461 g/mol. The van der Waals surface area contributed by atoms with Gasteiger partial charge in [-0.2, -0.15) is 17.7 Å². The summed E-state index contributed by atoms with van der Waals surface area (Å²) in [5.41, 5.74) is 2.83. The molecule has 2 aromatic heterocycles. The topological polar surface area (TPSA) is 134 Å². The van der Waals surface area contributed by atoms with Gasteiger partial charge in [-0.05, 0) is 32.4 Å². The van der Waals surface area contributed by atoms with E-state index in [4.69, 9.17) is 4.74 Å². The summed E-state index contributed by atoms with van der Waals surface area (Å²) in [6.07, 6.45) is 5.94. The Bertz CT molecular complexity index is 1150. The second kappa shape index (κ2) is 9.27. The molecule has 2 aliphatic rings. The second-order valence-electron chi connectivity index (χ2n) is 7.47. The molecular formula is C20H27N7O4S. The van der Waals surface area contributed by atoms with Crippen LogP contribution >= 0.6 is 0 Å². The van der Waals surface area contributed by atoms with E-state index in [2.05, 4.69) is 25.0 Å². The van der Waals surface area contributed by atoms with Crippen LogP contribution in [0.2, 0.25) is 0 Å². The van der Waals surface area contributed by atoms with Gasteiger partial charge in [0.15, 0.2) is 0 Å². The minimum Gasteiger partial charge on any atom is -0.513 e. The van der Waals surface area contributed by atoms with Crippen molar-refractivity contribution >= 4 is 21.7 Å². The SMILES string of the molecule is C/C=C(\C=C(/C)O)c1nc2n(c1-c1ccnc(NCCN3CCCNS3(=O)=O)n1)CCO2. The highest BCUT2D eigenvalue weighted by atomic mass is 32.2. The lowest BCUT2D eigenvalue weighted by Gasteiger charge is -2.26. The molecule has 4 rings (SSSR count). The molecule has 4 heterocycles. The predicted octanol–water partition coefficient (Wildman–Crippen LogP) is 1.55. The first-order valence-corrected chi connectivity index (χ1v) is 11.9. The lowest BCUT2D eigenvalue weighted by molar-refractivity contribution is 0.344. The minimum absolute atomic E-state index is 0.172. The molecule has 0 unspecified atom stereocenters.